The maximum absolute atomic E-state index is 14.1. The molecule has 38 heavy (non-hydrogen) atoms. The van der Waals surface area contributed by atoms with E-state index in [0.717, 1.165) is 72.7 Å². The summed E-state index contributed by atoms with van der Waals surface area (Å²) in [5, 5.41) is 0.376. The molecule has 2 aromatic carbocycles. The summed E-state index contributed by atoms with van der Waals surface area (Å²) in [5.74, 6) is 1.39. The van der Waals surface area contributed by atoms with Crippen molar-refractivity contribution in [3.63, 3.8) is 0 Å². The van der Waals surface area contributed by atoms with Crippen LogP contribution < -0.4 is 4.74 Å². The maximum atomic E-state index is 14.1. The highest BCUT2D eigenvalue weighted by atomic mass is 79.9. The Morgan fingerprint density at radius 2 is 2.08 bits per heavy atom. The highest BCUT2D eigenvalue weighted by molar-refractivity contribution is 9.10. The Balaban J connectivity index is 1.13. The van der Waals surface area contributed by atoms with Crippen molar-refractivity contribution >= 4 is 44.1 Å². The third-order valence-corrected chi connectivity index (χ3v) is 7.80. The summed E-state index contributed by atoms with van der Waals surface area (Å²) in [4.78, 5) is 11.8. The standard InChI is InChI=1S/C29H27BrClFN4O2/c30-28-14-26-27(15-33-28)36(16-24-8-11-37-24)29(34-26)17-35-9-6-19(7-10-35)20-2-1-3-23(12-20)38-18-21-4-5-22(31)13-25(21)32/h1-6,12-15,24H,7-11,16-18H2/t24-/m0/s1. The van der Waals surface area contributed by atoms with Crippen LogP contribution in [0, 0.1) is 5.82 Å². The van der Waals surface area contributed by atoms with Crippen LogP contribution in [0.4, 0.5) is 4.39 Å². The lowest BCUT2D eigenvalue weighted by Gasteiger charge is -2.29. The van der Waals surface area contributed by atoms with Gasteiger partial charge in [0.15, 0.2) is 0 Å². The fourth-order valence-corrected chi connectivity index (χ4v) is 5.39. The van der Waals surface area contributed by atoms with Crippen LogP contribution in [0.2, 0.25) is 5.02 Å². The number of benzene rings is 2. The molecular formula is C29H27BrClFN4O2. The fraction of sp³-hybridized carbons (Fsp3) is 0.310. The Bertz CT molecular complexity index is 1500. The van der Waals surface area contributed by atoms with Crippen LogP contribution in [0.5, 0.6) is 5.75 Å². The van der Waals surface area contributed by atoms with E-state index in [1.807, 2.05) is 30.5 Å². The van der Waals surface area contributed by atoms with Crippen LogP contribution in [0.25, 0.3) is 16.6 Å². The number of rotatable bonds is 8. The molecular weight excluding hydrogens is 571 g/mol. The first-order valence-corrected chi connectivity index (χ1v) is 13.9. The van der Waals surface area contributed by atoms with Gasteiger partial charge in [-0.25, -0.2) is 14.4 Å². The SMILES string of the molecule is Fc1cc(Cl)ccc1COc1cccc(C2=CCN(Cc3nc4cc(Br)ncc4n3C[C@@H]3CCO3)CC2)c1. The van der Waals surface area contributed by atoms with Gasteiger partial charge in [0.2, 0.25) is 0 Å². The maximum Gasteiger partial charge on any atom is 0.131 e. The van der Waals surface area contributed by atoms with Crippen molar-refractivity contribution in [3.05, 3.63) is 93.2 Å². The largest absolute Gasteiger partial charge is 0.489 e. The van der Waals surface area contributed by atoms with Crippen LogP contribution in [0.3, 0.4) is 0 Å². The summed E-state index contributed by atoms with van der Waals surface area (Å²) in [5.41, 5.74) is 4.88. The summed E-state index contributed by atoms with van der Waals surface area (Å²) < 4.78 is 28.8. The van der Waals surface area contributed by atoms with Crippen LogP contribution in [0.15, 0.2) is 65.4 Å². The van der Waals surface area contributed by atoms with Gasteiger partial charge in [0.05, 0.1) is 36.4 Å². The predicted molar refractivity (Wildman–Crippen MR) is 150 cm³/mol. The van der Waals surface area contributed by atoms with Crippen LogP contribution in [0.1, 0.15) is 29.8 Å². The number of hydrogen-bond acceptors (Lipinski definition) is 5. The second-order valence-corrected chi connectivity index (χ2v) is 10.9. The molecule has 4 heterocycles. The highest BCUT2D eigenvalue weighted by Crippen LogP contribution is 2.28. The van der Waals surface area contributed by atoms with Crippen molar-refractivity contribution in [1.82, 2.24) is 19.4 Å². The number of pyridine rings is 1. The van der Waals surface area contributed by atoms with Crippen molar-refractivity contribution in [2.45, 2.75) is 38.6 Å². The smallest absolute Gasteiger partial charge is 0.131 e. The van der Waals surface area contributed by atoms with E-state index >= 15 is 0 Å². The second-order valence-electron chi connectivity index (χ2n) is 9.68. The molecule has 196 valence electrons. The van der Waals surface area contributed by atoms with Gasteiger partial charge in [0, 0.05) is 30.3 Å². The van der Waals surface area contributed by atoms with E-state index in [4.69, 9.17) is 26.1 Å². The van der Waals surface area contributed by atoms with E-state index < -0.39 is 0 Å². The van der Waals surface area contributed by atoms with Gasteiger partial charge >= 0.3 is 0 Å². The Labute approximate surface area is 234 Å². The molecule has 0 bridgehead atoms. The zero-order valence-corrected chi connectivity index (χ0v) is 23.1. The molecule has 0 radical (unpaired) electrons. The van der Waals surface area contributed by atoms with Gasteiger partial charge in [-0.1, -0.05) is 35.9 Å². The number of imidazole rings is 1. The summed E-state index contributed by atoms with van der Waals surface area (Å²) in [7, 11) is 0. The Morgan fingerprint density at radius 1 is 1.18 bits per heavy atom. The minimum atomic E-state index is -0.360. The van der Waals surface area contributed by atoms with E-state index in [1.165, 1.54) is 11.6 Å². The number of nitrogens with zero attached hydrogens (tertiary/aromatic N) is 4. The van der Waals surface area contributed by atoms with E-state index in [2.05, 4.69) is 42.5 Å². The molecule has 0 amide bonds. The Morgan fingerprint density at radius 3 is 2.84 bits per heavy atom. The van der Waals surface area contributed by atoms with Crippen molar-refractivity contribution in [1.29, 1.82) is 0 Å². The molecule has 9 heteroatoms. The minimum Gasteiger partial charge on any atom is -0.489 e. The average molecular weight is 598 g/mol. The van der Waals surface area contributed by atoms with E-state index in [9.17, 15) is 4.39 Å². The first-order valence-electron chi connectivity index (χ1n) is 12.7. The van der Waals surface area contributed by atoms with Crippen LogP contribution in [-0.4, -0.2) is 45.2 Å². The summed E-state index contributed by atoms with van der Waals surface area (Å²) in [6.07, 6.45) is 6.42. The molecule has 2 aliphatic heterocycles. The monoisotopic (exact) mass is 596 g/mol. The van der Waals surface area contributed by atoms with Gasteiger partial charge in [-0.3, -0.25) is 4.90 Å². The third-order valence-electron chi connectivity index (χ3n) is 7.13. The molecule has 2 aliphatic rings. The molecule has 2 aromatic heterocycles. The van der Waals surface area contributed by atoms with Gasteiger partial charge < -0.3 is 14.0 Å². The molecule has 0 unspecified atom stereocenters. The molecule has 0 aliphatic carbocycles. The Hall–Kier alpha value is -2.78. The highest BCUT2D eigenvalue weighted by Gasteiger charge is 2.23. The normalized spacial score (nSPS) is 17.9. The number of hydrogen-bond donors (Lipinski definition) is 0. The molecule has 0 saturated carbocycles. The molecule has 1 fully saturated rings. The van der Waals surface area contributed by atoms with Gasteiger partial charge in [0.25, 0.3) is 0 Å². The van der Waals surface area contributed by atoms with Crippen molar-refractivity contribution in [2.75, 3.05) is 19.7 Å². The first kappa shape index (κ1) is 25.5. The van der Waals surface area contributed by atoms with Crippen molar-refractivity contribution < 1.29 is 13.9 Å². The Kier molecular flexibility index (Phi) is 7.48. The quantitative estimate of drug-likeness (QED) is 0.213. The molecule has 1 atom stereocenters. The zero-order chi connectivity index (χ0) is 26.1. The molecule has 0 N–H and O–H groups in total. The number of aromatic nitrogens is 3. The number of halogens is 3. The van der Waals surface area contributed by atoms with Crippen LogP contribution >= 0.6 is 27.5 Å². The van der Waals surface area contributed by atoms with E-state index in [-0.39, 0.29) is 18.5 Å². The second kappa shape index (κ2) is 11.1. The minimum absolute atomic E-state index is 0.151. The van der Waals surface area contributed by atoms with Crippen molar-refractivity contribution in [3.8, 4) is 5.75 Å². The van der Waals surface area contributed by atoms with Gasteiger partial charge in [-0.05, 0) is 70.2 Å². The third kappa shape index (κ3) is 5.64. The van der Waals surface area contributed by atoms with Gasteiger partial charge in [0.1, 0.15) is 28.6 Å². The van der Waals surface area contributed by atoms with Gasteiger partial charge in [-0.15, -0.1) is 0 Å². The summed E-state index contributed by atoms with van der Waals surface area (Å²) in [6.45, 7) is 4.31. The first-order chi connectivity index (χ1) is 18.5. The zero-order valence-electron chi connectivity index (χ0n) is 20.7. The lowest BCUT2D eigenvalue weighted by atomic mass is 9.99. The molecule has 4 aromatic rings. The van der Waals surface area contributed by atoms with Crippen molar-refractivity contribution in [2.24, 2.45) is 0 Å². The van der Waals surface area contributed by atoms with E-state index in [0.29, 0.717) is 16.3 Å². The lowest BCUT2D eigenvalue weighted by Crippen LogP contribution is -2.33. The molecule has 6 nitrogen and oxygen atoms in total. The van der Waals surface area contributed by atoms with Crippen LogP contribution in [-0.2, 0) is 24.4 Å². The summed E-state index contributed by atoms with van der Waals surface area (Å²) in [6, 6.07) is 14.6. The predicted octanol–water partition coefficient (Wildman–Crippen LogP) is 6.64. The number of ether oxygens (including phenoxy) is 2. The topological polar surface area (TPSA) is 52.4 Å². The lowest BCUT2D eigenvalue weighted by molar-refractivity contribution is -0.0591. The fourth-order valence-electron chi connectivity index (χ4n) is 4.91. The molecule has 1 saturated heterocycles. The average Bonchev–Trinajstić information content (AvgIpc) is 3.22. The summed E-state index contributed by atoms with van der Waals surface area (Å²) >= 11 is 9.32. The van der Waals surface area contributed by atoms with Gasteiger partial charge in [-0.2, -0.15) is 0 Å². The number of fused-ring (bicyclic) bond motifs is 1. The molecule has 0 spiro atoms. The van der Waals surface area contributed by atoms with E-state index in [1.54, 1.807) is 12.1 Å². The molecule has 6 rings (SSSR count).